The van der Waals surface area contributed by atoms with Crippen LogP contribution in [0.25, 0.3) is 16.8 Å². The fraction of sp³-hybridized carbons (Fsp3) is 0.0968. The lowest BCUT2D eigenvalue weighted by Crippen LogP contribution is -2.43. The van der Waals surface area contributed by atoms with Gasteiger partial charge in [0.1, 0.15) is 5.70 Å². The van der Waals surface area contributed by atoms with E-state index in [-0.39, 0.29) is 35.0 Å². The van der Waals surface area contributed by atoms with Crippen LogP contribution in [0.3, 0.4) is 0 Å². The number of rotatable bonds is 9. The number of allylic oxidation sites excluding steroid dienone is 1. The molecule has 0 saturated carbocycles. The minimum Gasteiger partial charge on any atom is -0.395 e. The van der Waals surface area contributed by atoms with Gasteiger partial charge in [-0.3, -0.25) is 13.9 Å². The second-order valence-corrected chi connectivity index (χ2v) is 10.8. The largest absolute Gasteiger partial charge is 0.395 e. The van der Waals surface area contributed by atoms with Crippen LogP contribution in [-0.2, 0) is 10.0 Å². The second kappa shape index (κ2) is 11.1. The maximum atomic E-state index is 13.9. The van der Waals surface area contributed by atoms with Crippen molar-refractivity contribution in [3.63, 3.8) is 0 Å². The van der Waals surface area contributed by atoms with Gasteiger partial charge >= 0.3 is 0 Å². The van der Waals surface area contributed by atoms with Crippen LogP contribution < -0.4 is 5.32 Å². The van der Waals surface area contributed by atoms with Crippen LogP contribution >= 0.6 is 0 Å². The predicted octanol–water partition coefficient (Wildman–Crippen LogP) is 4.37. The van der Waals surface area contributed by atoms with E-state index in [1.807, 2.05) is 42.5 Å². The summed E-state index contributed by atoms with van der Waals surface area (Å²) in [6.45, 7) is -0.727. The van der Waals surface area contributed by atoms with Crippen molar-refractivity contribution in [1.82, 2.24) is 9.62 Å². The van der Waals surface area contributed by atoms with Crippen molar-refractivity contribution in [2.75, 3.05) is 19.7 Å². The van der Waals surface area contributed by atoms with E-state index in [0.717, 1.165) is 15.4 Å². The lowest BCUT2D eigenvalue weighted by atomic mass is 10.0. The number of hydrogen-bond acceptors (Lipinski definition) is 6. The Bertz CT molecular complexity index is 1650. The number of aliphatic hydroxyl groups is 1. The topological polar surface area (TPSA) is 104 Å². The van der Waals surface area contributed by atoms with Crippen molar-refractivity contribution in [3.05, 3.63) is 132 Å². The SMILES string of the molecule is O=C(CN1C(C(=O)c2ccccc2)=C(NCCO)c2ccccc2S1(=O)=O)c1ccc(-c2ccccc2)cc1. The molecule has 0 saturated heterocycles. The average molecular weight is 539 g/mol. The van der Waals surface area contributed by atoms with Gasteiger partial charge in [0.25, 0.3) is 10.0 Å². The van der Waals surface area contributed by atoms with Crippen LogP contribution in [0.2, 0.25) is 0 Å². The first kappa shape index (κ1) is 26.1. The molecule has 4 aromatic carbocycles. The van der Waals surface area contributed by atoms with Gasteiger partial charge < -0.3 is 10.4 Å². The molecule has 4 aromatic rings. The summed E-state index contributed by atoms with van der Waals surface area (Å²) in [6, 6.07) is 31.2. The Hall–Kier alpha value is -4.53. The van der Waals surface area contributed by atoms with E-state index in [1.54, 1.807) is 60.7 Å². The van der Waals surface area contributed by atoms with Crippen LogP contribution in [-0.4, -0.2) is 49.1 Å². The van der Waals surface area contributed by atoms with Gasteiger partial charge in [-0.25, -0.2) is 8.42 Å². The zero-order valence-electron chi connectivity index (χ0n) is 20.9. The van der Waals surface area contributed by atoms with Gasteiger partial charge in [-0.05, 0) is 17.2 Å². The molecule has 0 bridgehead atoms. The zero-order valence-corrected chi connectivity index (χ0v) is 21.8. The molecule has 0 spiro atoms. The van der Waals surface area contributed by atoms with E-state index in [0.29, 0.717) is 11.1 Å². The van der Waals surface area contributed by atoms with E-state index in [2.05, 4.69) is 5.32 Å². The summed E-state index contributed by atoms with van der Waals surface area (Å²) in [5.41, 5.74) is 2.89. The molecular weight excluding hydrogens is 512 g/mol. The number of aliphatic hydroxyl groups excluding tert-OH is 1. The number of carbonyl (C=O) groups is 2. The lowest BCUT2D eigenvalue weighted by Gasteiger charge is -2.33. The Morgan fingerprint density at radius 3 is 1.97 bits per heavy atom. The molecule has 7 nitrogen and oxygen atoms in total. The number of nitrogens with zero attached hydrogens (tertiary/aromatic N) is 1. The lowest BCUT2D eigenvalue weighted by molar-refractivity contribution is 0.0958. The summed E-state index contributed by atoms with van der Waals surface area (Å²) in [5.74, 6) is -1.02. The van der Waals surface area contributed by atoms with Gasteiger partial charge in [-0.1, -0.05) is 103 Å². The number of ketones is 2. The van der Waals surface area contributed by atoms with E-state index < -0.39 is 28.1 Å². The third-order valence-electron chi connectivity index (χ3n) is 6.48. The zero-order chi connectivity index (χ0) is 27.4. The van der Waals surface area contributed by atoms with Crippen LogP contribution in [0.15, 0.2) is 120 Å². The molecule has 39 heavy (non-hydrogen) atoms. The molecule has 0 amide bonds. The molecule has 0 unspecified atom stereocenters. The normalized spacial score (nSPS) is 14.0. The highest BCUT2D eigenvalue weighted by atomic mass is 32.2. The van der Waals surface area contributed by atoms with Gasteiger partial charge in [0.2, 0.25) is 5.78 Å². The monoisotopic (exact) mass is 538 g/mol. The summed E-state index contributed by atoms with van der Waals surface area (Å²) < 4.78 is 28.7. The van der Waals surface area contributed by atoms with Crippen molar-refractivity contribution in [3.8, 4) is 11.1 Å². The molecule has 1 aliphatic rings. The van der Waals surface area contributed by atoms with Crippen LogP contribution in [0, 0.1) is 0 Å². The van der Waals surface area contributed by atoms with E-state index in [4.69, 9.17) is 0 Å². The van der Waals surface area contributed by atoms with Gasteiger partial charge in [-0.2, -0.15) is 0 Å². The quantitative estimate of drug-likeness (QED) is 0.307. The summed E-state index contributed by atoms with van der Waals surface area (Å²) in [7, 11) is -4.27. The highest BCUT2D eigenvalue weighted by molar-refractivity contribution is 7.89. The van der Waals surface area contributed by atoms with E-state index in [9.17, 15) is 23.1 Å². The Morgan fingerprint density at radius 2 is 1.31 bits per heavy atom. The molecule has 0 aromatic heterocycles. The fourth-order valence-electron chi connectivity index (χ4n) is 4.57. The first-order chi connectivity index (χ1) is 18.9. The van der Waals surface area contributed by atoms with E-state index in [1.165, 1.54) is 6.07 Å². The third-order valence-corrected chi connectivity index (χ3v) is 8.28. The maximum absolute atomic E-state index is 13.9. The summed E-state index contributed by atoms with van der Waals surface area (Å²) >= 11 is 0. The van der Waals surface area contributed by atoms with Gasteiger partial charge in [-0.15, -0.1) is 0 Å². The van der Waals surface area contributed by atoms with Gasteiger partial charge in [0, 0.05) is 23.2 Å². The highest BCUT2D eigenvalue weighted by Crippen LogP contribution is 2.37. The smallest absolute Gasteiger partial charge is 0.265 e. The molecule has 196 valence electrons. The Kier molecular flexibility index (Phi) is 7.40. The fourth-order valence-corrected chi connectivity index (χ4v) is 6.20. The molecule has 8 heteroatoms. The predicted molar refractivity (Wildman–Crippen MR) is 149 cm³/mol. The molecule has 0 aliphatic carbocycles. The summed E-state index contributed by atoms with van der Waals surface area (Å²) in [5, 5.41) is 12.5. The van der Waals surface area contributed by atoms with Crippen molar-refractivity contribution in [1.29, 1.82) is 0 Å². The van der Waals surface area contributed by atoms with Gasteiger partial charge in [0.15, 0.2) is 5.78 Å². The molecule has 0 fully saturated rings. The number of fused-ring (bicyclic) bond motifs is 1. The van der Waals surface area contributed by atoms with Gasteiger partial charge in [0.05, 0.1) is 23.7 Å². The van der Waals surface area contributed by atoms with Crippen LogP contribution in [0.1, 0.15) is 26.3 Å². The average Bonchev–Trinajstić information content (AvgIpc) is 2.98. The number of carbonyl (C=O) groups excluding carboxylic acids is 2. The highest BCUT2D eigenvalue weighted by Gasteiger charge is 2.41. The number of benzene rings is 4. The summed E-state index contributed by atoms with van der Waals surface area (Å²) in [4.78, 5) is 27.3. The molecule has 1 heterocycles. The Balaban J connectivity index is 1.59. The standard InChI is InChI=1S/C31H26N2O5S/c34-20-19-32-29-26-13-7-8-14-28(26)39(37,38)33(30(29)31(36)25-11-5-2-6-12-25)21-27(35)24-17-15-23(16-18-24)22-9-3-1-4-10-22/h1-18,32,34H,19-21H2. The van der Waals surface area contributed by atoms with Crippen molar-refractivity contribution in [2.45, 2.75) is 4.90 Å². The molecular formula is C31H26N2O5S. The summed E-state index contributed by atoms with van der Waals surface area (Å²) in [6.07, 6.45) is 0. The molecule has 0 radical (unpaired) electrons. The second-order valence-electron chi connectivity index (χ2n) is 8.94. The number of nitrogens with one attached hydrogen (secondary N) is 1. The van der Waals surface area contributed by atoms with Crippen LogP contribution in [0.4, 0.5) is 0 Å². The Morgan fingerprint density at radius 1 is 0.718 bits per heavy atom. The molecule has 2 N–H and O–H groups in total. The van der Waals surface area contributed by atoms with Crippen molar-refractivity contribution in [2.24, 2.45) is 0 Å². The Labute approximate surface area is 227 Å². The molecule has 5 rings (SSSR count). The van der Waals surface area contributed by atoms with Crippen molar-refractivity contribution < 1.29 is 23.1 Å². The van der Waals surface area contributed by atoms with E-state index >= 15 is 0 Å². The first-order valence-electron chi connectivity index (χ1n) is 12.4. The minimum atomic E-state index is -4.27. The third kappa shape index (κ3) is 5.12. The number of Topliss-reactive ketones (excluding diaryl/α,β-unsaturated/α-hetero) is 2. The number of hydrogen-bond donors (Lipinski definition) is 2. The van der Waals surface area contributed by atoms with Crippen LogP contribution in [0.5, 0.6) is 0 Å². The maximum Gasteiger partial charge on any atom is 0.265 e. The molecule has 0 atom stereocenters. The number of sulfonamides is 1. The minimum absolute atomic E-state index is 0.0257. The van der Waals surface area contributed by atoms with Crippen molar-refractivity contribution >= 4 is 27.3 Å². The first-order valence-corrected chi connectivity index (χ1v) is 13.9. The molecule has 1 aliphatic heterocycles.